The molecule has 1 amide bonds. The molecule has 0 aromatic heterocycles. The largest absolute Gasteiger partial charge is 0.393 e. The van der Waals surface area contributed by atoms with Gasteiger partial charge in [0.05, 0.1) is 11.7 Å². The lowest BCUT2D eigenvalue weighted by molar-refractivity contribution is -0.131. The van der Waals surface area contributed by atoms with Crippen molar-refractivity contribution in [2.45, 2.75) is 56.4 Å². The lowest BCUT2D eigenvalue weighted by Gasteiger charge is -2.42. The van der Waals surface area contributed by atoms with Crippen molar-refractivity contribution in [2.24, 2.45) is 0 Å². The second-order valence-electron chi connectivity index (χ2n) is 7.48. The normalized spacial score (nSPS) is 29.4. The number of fused-ring (bicyclic) bond motifs is 1. The average Bonchev–Trinajstić information content (AvgIpc) is 2.99. The Balaban J connectivity index is 1.53. The van der Waals surface area contributed by atoms with Crippen molar-refractivity contribution in [1.29, 1.82) is 0 Å². The van der Waals surface area contributed by atoms with E-state index < -0.39 is 0 Å². The third-order valence-electron chi connectivity index (χ3n) is 5.97. The number of ether oxygens (including phenoxy) is 1. The number of aliphatic hydroxyl groups is 1. The summed E-state index contributed by atoms with van der Waals surface area (Å²) in [5.41, 5.74) is 1.02. The van der Waals surface area contributed by atoms with E-state index in [0.717, 1.165) is 44.3 Å². The van der Waals surface area contributed by atoms with Crippen LogP contribution in [0.2, 0.25) is 0 Å². The Hall–Kier alpha value is -1.43. The van der Waals surface area contributed by atoms with Gasteiger partial charge in [-0.15, -0.1) is 0 Å². The van der Waals surface area contributed by atoms with Gasteiger partial charge in [-0.25, -0.2) is 0 Å². The molecule has 1 aliphatic carbocycles. The molecule has 2 aliphatic rings. The maximum atomic E-state index is 12.5. The van der Waals surface area contributed by atoms with Crippen molar-refractivity contribution in [3.8, 4) is 0 Å². The number of hydrogen-bond donors (Lipinski definition) is 1. The smallest absolute Gasteiger partial charge is 0.223 e. The highest BCUT2D eigenvalue weighted by Crippen LogP contribution is 2.42. The van der Waals surface area contributed by atoms with Crippen molar-refractivity contribution < 1.29 is 14.6 Å². The van der Waals surface area contributed by atoms with Gasteiger partial charge in [0, 0.05) is 46.3 Å². The van der Waals surface area contributed by atoms with Crippen molar-refractivity contribution in [3.63, 3.8) is 0 Å². The Kier molecular flexibility index (Phi) is 5.77. The molecule has 1 aromatic rings. The van der Waals surface area contributed by atoms with Crippen LogP contribution in [0.3, 0.4) is 0 Å². The number of hydrogen-bond acceptors (Lipinski definition) is 4. The third-order valence-corrected chi connectivity index (χ3v) is 5.97. The first-order valence-corrected chi connectivity index (χ1v) is 9.29. The Morgan fingerprint density at radius 2 is 2.12 bits per heavy atom. The zero-order chi connectivity index (χ0) is 17.9. The van der Waals surface area contributed by atoms with Crippen LogP contribution >= 0.6 is 0 Å². The molecule has 0 unspecified atom stereocenters. The molecule has 0 spiro atoms. The molecule has 0 bridgehead atoms. The van der Waals surface area contributed by atoms with E-state index in [0.29, 0.717) is 13.0 Å². The standard InChI is InChI=1S/C20H30N2O3/c1-21(15-16-6-4-3-5-7-16)19(24)9-12-22-13-11-20(25-2)10-8-17(23)14-18(20)22/h3-7,17-18,23H,8-15H2,1-2H3/t17-,18-,20+/m0/s1. The number of carbonyl (C=O) groups excluding carboxylic acids is 1. The minimum absolute atomic E-state index is 0.127. The number of likely N-dealkylation sites (tertiary alicyclic amines) is 1. The van der Waals surface area contributed by atoms with E-state index in [1.807, 2.05) is 37.4 Å². The molecule has 1 aromatic carbocycles. The summed E-state index contributed by atoms with van der Waals surface area (Å²) in [7, 11) is 3.65. The van der Waals surface area contributed by atoms with Gasteiger partial charge in [-0.1, -0.05) is 30.3 Å². The van der Waals surface area contributed by atoms with Crippen LogP contribution in [0.4, 0.5) is 0 Å². The van der Waals surface area contributed by atoms with Crippen LogP contribution in [0.1, 0.15) is 37.7 Å². The summed E-state index contributed by atoms with van der Waals surface area (Å²) in [4.78, 5) is 16.6. The molecule has 1 N–H and O–H groups in total. The molecule has 1 aliphatic heterocycles. The first-order chi connectivity index (χ1) is 12.0. The lowest BCUT2D eigenvalue weighted by atomic mass is 9.79. The van der Waals surface area contributed by atoms with Crippen LogP contribution in [0.15, 0.2) is 30.3 Å². The first kappa shape index (κ1) is 18.4. The zero-order valence-corrected chi connectivity index (χ0v) is 15.4. The van der Waals surface area contributed by atoms with E-state index >= 15 is 0 Å². The average molecular weight is 346 g/mol. The van der Waals surface area contributed by atoms with Gasteiger partial charge in [0.25, 0.3) is 0 Å². The fourth-order valence-electron chi connectivity index (χ4n) is 4.41. The Labute approximate surface area is 150 Å². The maximum absolute atomic E-state index is 12.5. The van der Waals surface area contributed by atoms with E-state index in [1.165, 1.54) is 0 Å². The number of rotatable bonds is 6. The molecule has 5 nitrogen and oxygen atoms in total. The highest BCUT2D eigenvalue weighted by Gasteiger charge is 2.50. The van der Waals surface area contributed by atoms with Gasteiger partial charge in [0.15, 0.2) is 0 Å². The quantitative estimate of drug-likeness (QED) is 0.856. The summed E-state index contributed by atoms with van der Waals surface area (Å²) in [6.07, 6.45) is 3.74. The molecular formula is C20H30N2O3. The first-order valence-electron chi connectivity index (χ1n) is 9.29. The van der Waals surface area contributed by atoms with E-state index in [1.54, 1.807) is 12.0 Å². The predicted molar refractivity (Wildman–Crippen MR) is 97.1 cm³/mol. The number of aliphatic hydroxyl groups excluding tert-OH is 1. The fraction of sp³-hybridized carbons (Fsp3) is 0.650. The number of carbonyl (C=O) groups is 1. The predicted octanol–water partition coefficient (Wildman–Crippen LogP) is 2.04. The van der Waals surface area contributed by atoms with Crippen LogP contribution in [0, 0.1) is 0 Å². The second kappa shape index (κ2) is 7.85. The van der Waals surface area contributed by atoms with Crippen molar-refractivity contribution in [1.82, 2.24) is 9.80 Å². The molecule has 0 radical (unpaired) electrons. The molecule has 1 heterocycles. The summed E-state index contributed by atoms with van der Waals surface area (Å²) in [5.74, 6) is 0.162. The number of methoxy groups -OCH3 is 1. The van der Waals surface area contributed by atoms with Gasteiger partial charge in [-0.2, -0.15) is 0 Å². The number of amides is 1. The van der Waals surface area contributed by atoms with Crippen LogP contribution in [-0.4, -0.2) is 65.8 Å². The minimum Gasteiger partial charge on any atom is -0.393 e. The molecule has 2 fully saturated rings. The van der Waals surface area contributed by atoms with E-state index in [2.05, 4.69) is 4.90 Å². The maximum Gasteiger partial charge on any atom is 0.223 e. The van der Waals surface area contributed by atoms with Crippen molar-refractivity contribution >= 4 is 5.91 Å². The van der Waals surface area contributed by atoms with Crippen LogP contribution in [0.5, 0.6) is 0 Å². The van der Waals surface area contributed by atoms with Gasteiger partial charge in [-0.3, -0.25) is 9.69 Å². The van der Waals surface area contributed by atoms with Gasteiger partial charge in [-0.05, 0) is 31.2 Å². The summed E-state index contributed by atoms with van der Waals surface area (Å²) in [6, 6.07) is 10.3. The van der Waals surface area contributed by atoms with Gasteiger partial charge in [0.1, 0.15) is 0 Å². The topological polar surface area (TPSA) is 53.0 Å². The molecule has 5 heteroatoms. The van der Waals surface area contributed by atoms with Crippen LogP contribution in [0.25, 0.3) is 0 Å². The molecule has 138 valence electrons. The highest BCUT2D eigenvalue weighted by atomic mass is 16.5. The third kappa shape index (κ3) is 4.05. The van der Waals surface area contributed by atoms with Gasteiger partial charge >= 0.3 is 0 Å². The summed E-state index contributed by atoms with van der Waals surface area (Å²) >= 11 is 0. The minimum atomic E-state index is -0.245. The summed E-state index contributed by atoms with van der Waals surface area (Å²) in [5, 5.41) is 10.1. The summed E-state index contributed by atoms with van der Waals surface area (Å²) in [6.45, 7) is 2.32. The molecule has 3 rings (SSSR count). The number of nitrogens with zero attached hydrogens (tertiary/aromatic N) is 2. The van der Waals surface area contributed by atoms with E-state index in [4.69, 9.17) is 4.74 Å². The monoisotopic (exact) mass is 346 g/mol. The lowest BCUT2D eigenvalue weighted by Crippen LogP contribution is -2.51. The van der Waals surface area contributed by atoms with Gasteiger partial charge in [0.2, 0.25) is 5.91 Å². The van der Waals surface area contributed by atoms with E-state index in [-0.39, 0.29) is 23.7 Å². The van der Waals surface area contributed by atoms with E-state index in [9.17, 15) is 9.90 Å². The Morgan fingerprint density at radius 1 is 1.36 bits per heavy atom. The number of benzene rings is 1. The molecule has 25 heavy (non-hydrogen) atoms. The molecular weight excluding hydrogens is 316 g/mol. The van der Waals surface area contributed by atoms with Crippen LogP contribution < -0.4 is 0 Å². The highest BCUT2D eigenvalue weighted by molar-refractivity contribution is 5.76. The molecule has 3 atom stereocenters. The Bertz CT molecular complexity index is 580. The summed E-state index contributed by atoms with van der Waals surface area (Å²) < 4.78 is 5.87. The Morgan fingerprint density at radius 3 is 2.84 bits per heavy atom. The SMILES string of the molecule is CO[C@@]12CC[C@H](O)C[C@@H]1N(CCC(=O)N(C)Cc1ccccc1)CC2. The zero-order valence-electron chi connectivity index (χ0n) is 15.4. The van der Waals surface area contributed by atoms with Crippen LogP contribution in [-0.2, 0) is 16.1 Å². The van der Waals surface area contributed by atoms with Crippen molar-refractivity contribution in [2.75, 3.05) is 27.2 Å². The fourth-order valence-corrected chi connectivity index (χ4v) is 4.41. The van der Waals surface area contributed by atoms with Crippen molar-refractivity contribution in [3.05, 3.63) is 35.9 Å². The second-order valence-corrected chi connectivity index (χ2v) is 7.48. The molecule has 1 saturated carbocycles. The molecule has 1 saturated heterocycles. The van der Waals surface area contributed by atoms with Gasteiger partial charge < -0.3 is 14.7 Å².